The first-order valence-electron chi connectivity index (χ1n) is 6.96. The van der Waals surface area contributed by atoms with E-state index in [0.29, 0.717) is 16.9 Å². The van der Waals surface area contributed by atoms with Gasteiger partial charge in [-0.15, -0.1) is 23.1 Å². The van der Waals surface area contributed by atoms with Crippen molar-refractivity contribution in [1.29, 1.82) is 0 Å². The number of nitrogens with one attached hydrogen (secondary N) is 1. The predicted molar refractivity (Wildman–Crippen MR) is 89.3 cm³/mol. The molecule has 0 fully saturated rings. The van der Waals surface area contributed by atoms with Crippen LogP contribution in [0.4, 0.5) is 10.8 Å². The Morgan fingerprint density at radius 2 is 2.33 bits per heavy atom. The van der Waals surface area contributed by atoms with Crippen LogP contribution in [0.15, 0.2) is 40.7 Å². The normalized spacial score (nSPS) is 17.4. The molecule has 0 saturated carbocycles. The summed E-state index contributed by atoms with van der Waals surface area (Å²) in [5.74, 6) is -0.0125. The number of amides is 1. The van der Waals surface area contributed by atoms with Crippen molar-refractivity contribution in [3.05, 3.63) is 35.8 Å². The number of aromatic nitrogens is 1. The first-order chi connectivity index (χ1) is 10.3. The summed E-state index contributed by atoms with van der Waals surface area (Å²) in [6.45, 7) is 3.47. The SMILES string of the molecule is CC[C@@H]1CN(CC(=O)Nc2nccs2)c2ccccc2S1. The van der Waals surface area contributed by atoms with Crippen molar-refractivity contribution in [2.75, 3.05) is 23.3 Å². The third-order valence-electron chi connectivity index (χ3n) is 3.39. The highest BCUT2D eigenvalue weighted by Crippen LogP contribution is 2.39. The first-order valence-corrected chi connectivity index (χ1v) is 8.72. The highest BCUT2D eigenvalue weighted by atomic mass is 32.2. The Hall–Kier alpha value is -1.53. The molecule has 2 heterocycles. The van der Waals surface area contributed by atoms with Crippen LogP contribution in [0.3, 0.4) is 0 Å². The van der Waals surface area contributed by atoms with Gasteiger partial charge in [0.05, 0.1) is 12.2 Å². The molecule has 1 N–H and O–H groups in total. The average Bonchev–Trinajstić information content (AvgIpc) is 2.99. The number of thioether (sulfide) groups is 1. The maximum absolute atomic E-state index is 12.2. The van der Waals surface area contributed by atoms with Gasteiger partial charge in [-0.3, -0.25) is 4.79 Å². The highest BCUT2D eigenvalue weighted by molar-refractivity contribution is 8.00. The van der Waals surface area contributed by atoms with Crippen LogP contribution in [0.25, 0.3) is 0 Å². The smallest absolute Gasteiger partial charge is 0.245 e. The third kappa shape index (κ3) is 3.39. The van der Waals surface area contributed by atoms with Crippen molar-refractivity contribution in [2.45, 2.75) is 23.5 Å². The van der Waals surface area contributed by atoms with E-state index in [-0.39, 0.29) is 5.91 Å². The Morgan fingerprint density at radius 3 is 3.10 bits per heavy atom. The molecule has 0 spiro atoms. The fourth-order valence-electron chi connectivity index (χ4n) is 2.36. The Bertz CT molecular complexity index is 615. The van der Waals surface area contributed by atoms with Crippen LogP contribution in [-0.4, -0.2) is 29.2 Å². The number of fused-ring (bicyclic) bond motifs is 1. The summed E-state index contributed by atoms with van der Waals surface area (Å²) in [5.41, 5.74) is 1.15. The van der Waals surface area contributed by atoms with Crippen LogP contribution in [0.5, 0.6) is 0 Å². The van der Waals surface area contributed by atoms with Gasteiger partial charge in [0, 0.05) is 28.3 Å². The van der Waals surface area contributed by atoms with E-state index in [0.717, 1.165) is 18.7 Å². The summed E-state index contributed by atoms with van der Waals surface area (Å²) in [5, 5.41) is 5.90. The number of rotatable bonds is 4. The molecule has 0 radical (unpaired) electrons. The Balaban J connectivity index is 1.73. The molecule has 4 nitrogen and oxygen atoms in total. The molecule has 1 amide bonds. The standard InChI is InChI=1S/C15H17N3OS2/c1-2-11-9-18(12-5-3-4-6-13(12)21-11)10-14(19)17-15-16-7-8-20-15/h3-8,11H,2,9-10H2,1H3,(H,16,17,19)/t11-/m1/s1. The molecule has 0 unspecified atom stereocenters. The van der Waals surface area contributed by atoms with Gasteiger partial charge in [0.1, 0.15) is 0 Å². The summed E-state index contributed by atoms with van der Waals surface area (Å²) in [7, 11) is 0. The van der Waals surface area contributed by atoms with E-state index in [1.165, 1.54) is 16.2 Å². The number of para-hydroxylation sites is 1. The van der Waals surface area contributed by atoms with Crippen molar-refractivity contribution in [1.82, 2.24) is 4.98 Å². The van der Waals surface area contributed by atoms with Gasteiger partial charge in [0.2, 0.25) is 5.91 Å². The molecule has 6 heteroatoms. The lowest BCUT2D eigenvalue weighted by Crippen LogP contribution is -2.40. The van der Waals surface area contributed by atoms with Gasteiger partial charge >= 0.3 is 0 Å². The second-order valence-electron chi connectivity index (χ2n) is 4.88. The average molecular weight is 319 g/mol. The fraction of sp³-hybridized carbons (Fsp3) is 0.333. The molecular formula is C15H17N3OS2. The maximum atomic E-state index is 12.2. The van der Waals surface area contributed by atoms with E-state index in [1.54, 1.807) is 6.20 Å². The van der Waals surface area contributed by atoms with Crippen LogP contribution in [0.1, 0.15) is 13.3 Å². The van der Waals surface area contributed by atoms with Gasteiger partial charge < -0.3 is 10.2 Å². The molecule has 1 aromatic heterocycles. The van der Waals surface area contributed by atoms with Crippen LogP contribution in [-0.2, 0) is 4.79 Å². The van der Waals surface area contributed by atoms with Crippen LogP contribution in [0.2, 0.25) is 0 Å². The largest absolute Gasteiger partial charge is 0.360 e. The molecule has 1 atom stereocenters. The van der Waals surface area contributed by atoms with Crippen molar-refractivity contribution >= 4 is 39.8 Å². The monoisotopic (exact) mass is 319 g/mol. The topological polar surface area (TPSA) is 45.2 Å². The minimum Gasteiger partial charge on any atom is -0.360 e. The van der Waals surface area contributed by atoms with Crippen LogP contribution in [0, 0.1) is 0 Å². The van der Waals surface area contributed by atoms with E-state index in [9.17, 15) is 4.79 Å². The van der Waals surface area contributed by atoms with E-state index in [4.69, 9.17) is 0 Å². The molecule has 1 aliphatic heterocycles. The quantitative estimate of drug-likeness (QED) is 0.937. The number of anilines is 2. The molecule has 2 aromatic rings. The van der Waals surface area contributed by atoms with Gasteiger partial charge in [-0.05, 0) is 18.6 Å². The third-order valence-corrected chi connectivity index (χ3v) is 5.50. The fourth-order valence-corrected chi connectivity index (χ4v) is 4.16. The number of carbonyl (C=O) groups is 1. The minimum absolute atomic E-state index is 0.0125. The predicted octanol–water partition coefficient (Wildman–Crippen LogP) is 3.47. The molecule has 21 heavy (non-hydrogen) atoms. The van der Waals surface area contributed by atoms with Gasteiger partial charge in [-0.1, -0.05) is 19.1 Å². The lowest BCUT2D eigenvalue weighted by atomic mass is 10.2. The molecule has 3 rings (SSSR count). The summed E-state index contributed by atoms with van der Waals surface area (Å²) in [4.78, 5) is 19.7. The second-order valence-corrected chi connectivity index (χ2v) is 7.12. The van der Waals surface area contributed by atoms with Crippen molar-refractivity contribution in [2.24, 2.45) is 0 Å². The lowest BCUT2D eigenvalue weighted by Gasteiger charge is -2.34. The van der Waals surface area contributed by atoms with Gasteiger partial charge in [0.25, 0.3) is 0 Å². The number of carbonyl (C=O) groups excluding carboxylic acids is 1. The maximum Gasteiger partial charge on any atom is 0.245 e. The Kier molecular flexibility index (Phi) is 4.45. The first kappa shape index (κ1) is 14.4. The number of hydrogen-bond acceptors (Lipinski definition) is 5. The Morgan fingerprint density at radius 1 is 1.48 bits per heavy atom. The van der Waals surface area contributed by atoms with Gasteiger partial charge in [-0.25, -0.2) is 4.98 Å². The molecule has 1 aliphatic rings. The molecule has 0 aliphatic carbocycles. The number of thiazole rings is 1. The number of benzene rings is 1. The zero-order valence-electron chi connectivity index (χ0n) is 11.8. The van der Waals surface area contributed by atoms with Crippen LogP contribution < -0.4 is 10.2 Å². The minimum atomic E-state index is -0.0125. The Labute approximate surface area is 132 Å². The molecule has 1 aromatic carbocycles. The molecule has 0 saturated heterocycles. The van der Waals surface area contributed by atoms with Gasteiger partial charge in [0.15, 0.2) is 5.13 Å². The highest BCUT2D eigenvalue weighted by Gasteiger charge is 2.25. The zero-order chi connectivity index (χ0) is 14.7. The van der Waals surface area contributed by atoms with Crippen LogP contribution >= 0.6 is 23.1 Å². The lowest BCUT2D eigenvalue weighted by molar-refractivity contribution is -0.115. The zero-order valence-corrected chi connectivity index (χ0v) is 13.4. The van der Waals surface area contributed by atoms with Crippen molar-refractivity contribution in [3.8, 4) is 0 Å². The van der Waals surface area contributed by atoms with E-state index in [2.05, 4.69) is 40.3 Å². The van der Waals surface area contributed by atoms with Gasteiger partial charge in [-0.2, -0.15) is 0 Å². The number of nitrogens with zero attached hydrogens (tertiary/aromatic N) is 2. The molecular weight excluding hydrogens is 302 g/mol. The summed E-state index contributed by atoms with van der Waals surface area (Å²) in [6.07, 6.45) is 2.80. The van der Waals surface area contributed by atoms with E-state index < -0.39 is 0 Å². The van der Waals surface area contributed by atoms with Crippen molar-refractivity contribution in [3.63, 3.8) is 0 Å². The van der Waals surface area contributed by atoms with E-state index in [1.807, 2.05) is 23.2 Å². The van der Waals surface area contributed by atoms with Crippen molar-refractivity contribution < 1.29 is 4.79 Å². The summed E-state index contributed by atoms with van der Waals surface area (Å²) in [6, 6.07) is 8.30. The molecule has 0 bridgehead atoms. The second kappa shape index (κ2) is 6.49. The summed E-state index contributed by atoms with van der Waals surface area (Å²) >= 11 is 3.35. The summed E-state index contributed by atoms with van der Waals surface area (Å²) < 4.78 is 0. The number of hydrogen-bond donors (Lipinski definition) is 1. The molecule has 110 valence electrons. The van der Waals surface area contributed by atoms with E-state index >= 15 is 0 Å².